The monoisotopic (exact) mass is 286 g/mol. The van der Waals surface area contributed by atoms with Crippen molar-refractivity contribution in [2.75, 3.05) is 23.3 Å². The van der Waals surface area contributed by atoms with Crippen LogP contribution in [-0.2, 0) is 6.54 Å². The van der Waals surface area contributed by atoms with Crippen LogP contribution < -0.4 is 10.2 Å². The molecule has 110 valence electrons. The fourth-order valence-electron chi connectivity index (χ4n) is 2.53. The molecule has 21 heavy (non-hydrogen) atoms. The van der Waals surface area contributed by atoms with Crippen molar-refractivity contribution in [1.29, 1.82) is 0 Å². The van der Waals surface area contributed by atoms with E-state index in [1.54, 1.807) is 12.1 Å². The number of nitrogens with one attached hydrogen (secondary N) is 1. The van der Waals surface area contributed by atoms with Gasteiger partial charge in [-0.3, -0.25) is 0 Å². The maximum Gasteiger partial charge on any atom is 0.227 e. The zero-order chi connectivity index (χ0) is 14.7. The minimum atomic E-state index is -0.199. The van der Waals surface area contributed by atoms with E-state index in [1.165, 1.54) is 18.9 Å². The van der Waals surface area contributed by atoms with Crippen molar-refractivity contribution in [3.63, 3.8) is 0 Å². The summed E-state index contributed by atoms with van der Waals surface area (Å²) in [6.45, 7) is 4.39. The number of hydrogen-bond acceptors (Lipinski definition) is 4. The smallest absolute Gasteiger partial charge is 0.227 e. The van der Waals surface area contributed by atoms with E-state index in [-0.39, 0.29) is 5.82 Å². The average molecular weight is 286 g/mol. The number of aromatic nitrogens is 2. The molecular formula is C16H19FN4. The summed E-state index contributed by atoms with van der Waals surface area (Å²) in [5.74, 6) is 1.31. The summed E-state index contributed by atoms with van der Waals surface area (Å²) in [6, 6.07) is 8.66. The zero-order valence-corrected chi connectivity index (χ0v) is 12.1. The van der Waals surface area contributed by atoms with E-state index < -0.39 is 0 Å². The normalized spacial score (nSPS) is 14.5. The van der Waals surface area contributed by atoms with Crippen LogP contribution in [0.4, 0.5) is 16.2 Å². The highest BCUT2D eigenvalue weighted by atomic mass is 19.1. The lowest BCUT2D eigenvalue weighted by molar-refractivity contribution is 0.613. The molecule has 0 spiro atoms. The zero-order valence-electron chi connectivity index (χ0n) is 12.1. The standard InChI is InChI=1S/C16H19FN4/c1-12-10-15(18-11-13-6-2-3-7-14(13)17)20-16(19-12)21-8-4-5-9-21/h2-3,6-7,10H,4-5,8-9,11H2,1H3,(H,18,19,20). The van der Waals surface area contributed by atoms with Crippen LogP contribution in [0, 0.1) is 12.7 Å². The molecule has 0 saturated carbocycles. The molecule has 1 N–H and O–H groups in total. The maximum absolute atomic E-state index is 13.6. The Balaban J connectivity index is 1.74. The van der Waals surface area contributed by atoms with Crippen molar-refractivity contribution < 1.29 is 4.39 Å². The number of aryl methyl sites for hydroxylation is 1. The highest BCUT2D eigenvalue weighted by Crippen LogP contribution is 2.19. The van der Waals surface area contributed by atoms with Gasteiger partial charge in [-0.25, -0.2) is 9.37 Å². The Morgan fingerprint density at radius 3 is 2.71 bits per heavy atom. The van der Waals surface area contributed by atoms with Gasteiger partial charge in [0.1, 0.15) is 11.6 Å². The third kappa shape index (κ3) is 3.29. The fourth-order valence-corrected chi connectivity index (χ4v) is 2.53. The summed E-state index contributed by atoms with van der Waals surface area (Å²) in [5, 5.41) is 3.19. The Morgan fingerprint density at radius 1 is 1.19 bits per heavy atom. The summed E-state index contributed by atoms with van der Waals surface area (Å²) >= 11 is 0. The summed E-state index contributed by atoms with van der Waals surface area (Å²) in [5.41, 5.74) is 1.56. The lowest BCUT2D eigenvalue weighted by Crippen LogP contribution is -2.21. The van der Waals surface area contributed by atoms with Crippen molar-refractivity contribution in [3.05, 3.63) is 47.4 Å². The van der Waals surface area contributed by atoms with Gasteiger partial charge in [-0.1, -0.05) is 18.2 Å². The SMILES string of the molecule is Cc1cc(NCc2ccccc2F)nc(N2CCCC2)n1. The molecule has 1 aliphatic rings. The number of anilines is 2. The molecule has 2 aromatic rings. The quantitative estimate of drug-likeness (QED) is 0.937. The van der Waals surface area contributed by atoms with Crippen LogP contribution in [0.15, 0.2) is 30.3 Å². The molecule has 1 aromatic heterocycles. The molecule has 1 aliphatic heterocycles. The average Bonchev–Trinajstić information content (AvgIpc) is 3.00. The summed E-state index contributed by atoms with van der Waals surface area (Å²) in [7, 11) is 0. The van der Waals surface area contributed by atoms with E-state index in [2.05, 4.69) is 20.2 Å². The molecule has 0 aliphatic carbocycles. The van der Waals surface area contributed by atoms with Crippen LogP contribution >= 0.6 is 0 Å². The highest BCUT2D eigenvalue weighted by Gasteiger charge is 2.15. The molecule has 5 heteroatoms. The molecule has 0 bridgehead atoms. The number of nitrogens with zero attached hydrogens (tertiary/aromatic N) is 3. The first-order chi connectivity index (χ1) is 10.2. The summed E-state index contributed by atoms with van der Waals surface area (Å²) < 4.78 is 13.6. The van der Waals surface area contributed by atoms with E-state index >= 15 is 0 Å². The first kappa shape index (κ1) is 13.8. The largest absolute Gasteiger partial charge is 0.366 e. The molecule has 3 rings (SSSR count). The van der Waals surface area contributed by atoms with Gasteiger partial charge < -0.3 is 10.2 Å². The van der Waals surface area contributed by atoms with E-state index in [9.17, 15) is 4.39 Å². The predicted octanol–water partition coefficient (Wildman–Crippen LogP) is 3.14. The molecule has 4 nitrogen and oxygen atoms in total. The third-order valence-electron chi connectivity index (χ3n) is 3.65. The van der Waals surface area contributed by atoms with Crippen LogP contribution in [0.25, 0.3) is 0 Å². The van der Waals surface area contributed by atoms with Crippen LogP contribution in [0.3, 0.4) is 0 Å². The molecule has 0 unspecified atom stereocenters. The van der Waals surface area contributed by atoms with Crippen molar-refractivity contribution >= 4 is 11.8 Å². The molecule has 0 radical (unpaired) electrons. The number of benzene rings is 1. The van der Waals surface area contributed by atoms with Gasteiger partial charge in [-0.15, -0.1) is 0 Å². The van der Waals surface area contributed by atoms with Gasteiger partial charge in [0.25, 0.3) is 0 Å². The van der Waals surface area contributed by atoms with Gasteiger partial charge in [-0.2, -0.15) is 4.98 Å². The second-order valence-electron chi connectivity index (χ2n) is 5.33. The lowest BCUT2D eigenvalue weighted by atomic mass is 10.2. The molecule has 1 fully saturated rings. The Kier molecular flexibility index (Phi) is 3.99. The number of rotatable bonds is 4. The van der Waals surface area contributed by atoms with E-state index in [4.69, 9.17) is 0 Å². The van der Waals surface area contributed by atoms with Gasteiger partial charge in [0, 0.05) is 37.0 Å². The first-order valence-corrected chi connectivity index (χ1v) is 7.30. The van der Waals surface area contributed by atoms with Gasteiger partial charge in [0.05, 0.1) is 0 Å². The van der Waals surface area contributed by atoms with Crippen LogP contribution in [0.5, 0.6) is 0 Å². The van der Waals surface area contributed by atoms with E-state index in [0.29, 0.717) is 12.1 Å². The number of hydrogen-bond donors (Lipinski definition) is 1. The minimum Gasteiger partial charge on any atom is -0.366 e. The molecule has 1 saturated heterocycles. The Labute approximate surface area is 124 Å². The van der Waals surface area contributed by atoms with Crippen molar-refractivity contribution in [2.24, 2.45) is 0 Å². The molecule has 0 amide bonds. The van der Waals surface area contributed by atoms with Gasteiger partial charge in [0.2, 0.25) is 5.95 Å². The Bertz CT molecular complexity index is 623. The third-order valence-corrected chi connectivity index (χ3v) is 3.65. The minimum absolute atomic E-state index is 0.199. The predicted molar refractivity (Wildman–Crippen MR) is 81.9 cm³/mol. The highest BCUT2D eigenvalue weighted by molar-refractivity contribution is 5.44. The maximum atomic E-state index is 13.6. The van der Waals surface area contributed by atoms with Crippen LogP contribution in [-0.4, -0.2) is 23.1 Å². The van der Waals surface area contributed by atoms with Crippen LogP contribution in [0.1, 0.15) is 24.1 Å². The van der Waals surface area contributed by atoms with Gasteiger partial charge in [0.15, 0.2) is 0 Å². The van der Waals surface area contributed by atoms with E-state index in [0.717, 1.165) is 30.5 Å². The molecule has 2 heterocycles. The summed E-state index contributed by atoms with van der Waals surface area (Å²) in [4.78, 5) is 11.2. The van der Waals surface area contributed by atoms with Crippen molar-refractivity contribution in [1.82, 2.24) is 9.97 Å². The summed E-state index contributed by atoms with van der Waals surface area (Å²) in [6.07, 6.45) is 2.38. The van der Waals surface area contributed by atoms with Crippen molar-refractivity contribution in [3.8, 4) is 0 Å². The van der Waals surface area contributed by atoms with Gasteiger partial charge >= 0.3 is 0 Å². The number of halogens is 1. The molecular weight excluding hydrogens is 267 g/mol. The van der Waals surface area contributed by atoms with Crippen LogP contribution in [0.2, 0.25) is 0 Å². The second-order valence-corrected chi connectivity index (χ2v) is 5.33. The van der Waals surface area contributed by atoms with Crippen molar-refractivity contribution in [2.45, 2.75) is 26.3 Å². The second kappa shape index (κ2) is 6.08. The molecule has 1 aromatic carbocycles. The lowest BCUT2D eigenvalue weighted by Gasteiger charge is -2.17. The topological polar surface area (TPSA) is 41.1 Å². The van der Waals surface area contributed by atoms with E-state index in [1.807, 2.05) is 19.1 Å². The fraction of sp³-hybridized carbons (Fsp3) is 0.375. The van der Waals surface area contributed by atoms with Gasteiger partial charge in [-0.05, 0) is 25.8 Å². The first-order valence-electron chi connectivity index (χ1n) is 7.30. The molecule has 0 atom stereocenters. The Morgan fingerprint density at radius 2 is 1.95 bits per heavy atom. The Hall–Kier alpha value is -2.17.